The van der Waals surface area contributed by atoms with E-state index < -0.39 is 0 Å². The van der Waals surface area contributed by atoms with E-state index in [9.17, 15) is 0 Å². The molecule has 0 radical (unpaired) electrons. The van der Waals surface area contributed by atoms with Crippen LogP contribution in [0.2, 0.25) is 0 Å². The van der Waals surface area contributed by atoms with Crippen molar-refractivity contribution in [2.24, 2.45) is 5.92 Å². The van der Waals surface area contributed by atoms with E-state index >= 15 is 0 Å². The third-order valence-electron chi connectivity index (χ3n) is 3.98. The molecule has 2 heteroatoms. The molecule has 0 spiro atoms. The zero-order chi connectivity index (χ0) is 14.4. The highest BCUT2D eigenvalue weighted by atomic mass is 16.5. The number of benzene rings is 1. The molecule has 1 saturated carbocycles. The molecule has 1 aromatic rings. The van der Waals surface area contributed by atoms with Gasteiger partial charge in [0.2, 0.25) is 0 Å². The molecule has 0 saturated heterocycles. The maximum absolute atomic E-state index is 6.20. The molecule has 0 amide bonds. The van der Waals surface area contributed by atoms with Gasteiger partial charge in [0, 0.05) is 12.6 Å². The Balaban J connectivity index is 1.90. The molecule has 0 aromatic heterocycles. The van der Waals surface area contributed by atoms with Crippen molar-refractivity contribution in [3.05, 3.63) is 35.4 Å². The maximum atomic E-state index is 6.20. The third kappa shape index (κ3) is 5.26. The summed E-state index contributed by atoms with van der Waals surface area (Å²) >= 11 is 0. The number of hydrogen-bond donors (Lipinski definition) is 1. The van der Waals surface area contributed by atoms with Crippen LogP contribution in [0.4, 0.5) is 0 Å². The third-order valence-corrected chi connectivity index (χ3v) is 3.98. The smallest absolute Gasteiger partial charge is 0.0949 e. The van der Waals surface area contributed by atoms with Gasteiger partial charge in [0.15, 0.2) is 0 Å². The van der Waals surface area contributed by atoms with Crippen molar-refractivity contribution in [1.29, 1.82) is 0 Å². The van der Waals surface area contributed by atoms with E-state index in [0.29, 0.717) is 5.92 Å². The fourth-order valence-corrected chi connectivity index (χ4v) is 2.47. The second-order valence-corrected chi connectivity index (χ2v) is 6.31. The summed E-state index contributed by atoms with van der Waals surface area (Å²) < 4.78 is 6.20. The van der Waals surface area contributed by atoms with Gasteiger partial charge in [-0.15, -0.1) is 0 Å². The molecule has 1 aliphatic carbocycles. The number of ether oxygens (including phenoxy) is 1. The summed E-state index contributed by atoms with van der Waals surface area (Å²) in [6, 6.07) is 9.51. The lowest BCUT2D eigenvalue weighted by Crippen LogP contribution is -2.26. The number of rotatable bonds is 9. The fraction of sp³-hybridized carbons (Fsp3) is 0.667. The molecule has 2 rings (SSSR count). The summed E-state index contributed by atoms with van der Waals surface area (Å²) in [5.41, 5.74) is 2.61. The van der Waals surface area contributed by atoms with Crippen LogP contribution >= 0.6 is 0 Å². The Morgan fingerprint density at radius 1 is 1.25 bits per heavy atom. The van der Waals surface area contributed by atoms with Crippen LogP contribution in [-0.4, -0.2) is 19.2 Å². The molecule has 1 aromatic carbocycles. The molecule has 1 aliphatic rings. The Bertz CT molecular complexity index is 383. The first-order chi connectivity index (χ1) is 9.69. The maximum Gasteiger partial charge on any atom is 0.0949 e. The van der Waals surface area contributed by atoms with E-state index in [1.54, 1.807) is 0 Å². The lowest BCUT2D eigenvalue weighted by atomic mass is 10.1. The molecule has 2 nitrogen and oxygen atoms in total. The first-order valence-corrected chi connectivity index (χ1v) is 8.10. The Morgan fingerprint density at radius 2 is 1.95 bits per heavy atom. The monoisotopic (exact) mass is 275 g/mol. The second-order valence-electron chi connectivity index (χ2n) is 6.31. The largest absolute Gasteiger partial charge is 0.372 e. The van der Waals surface area contributed by atoms with E-state index in [4.69, 9.17) is 4.74 Å². The quantitative estimate of drug-likeness (QED) is 0.728. The molecular weight excluding hydrogens is 246 g/mol. The summed E-state index contributed by atoms with van der Waals surface area (Å²) in [4.78, 5) is 0. The molecule has 1 N–H and O–H groups in total. The topological polar surface area (TPSA) is 21.3 Å². The van der Waals surface area contributed by atoms with E-state index in [2.05, 4.69) is 50.4 Å². The van der Waals surface area contributed by atoms with Gasteiger partial charge in [0.25, 0.3) is 0 Å². The van der Waals surface area contributed by atoms with Crippen molar-refractivity contribution >= 4 is 0 Å². The molecular formula is C18H29NO. The molecule has 2 unspecified atom stereocenters. The highest BCUT2D eigenvalue weighted by Gasteiger charge is 2.23. The average Bonchev–Trinajstić information content (AvgIpc) is 3.25. The summed E-state index contributed by atoms with van der Waals surface area (Å²) in [7, 11) is 0. The zero-order valence-electron chi connectivity index (χ0n) is 13.2. The predicted octanol–water partition coefficient (Wildman–Crippen LogP) is 4.24. The van der Waals surface area contributed by atoms with Gasteiger partial charge in [-0.3, -0.25) is 0 Å². The minimum atomic E-state index is 0.190. The van der Waals surface area contributed by atoms with Gasteiger partial charge in [-0.25, -0.2) is 0 Å². The van der Waals surface area contributed by atoms with Crippen molar-refractivity contribution < 1.29 is 4.74 Å². The summed E-state index contributed by atoms with van der Waals surface area (Å²) in [5, 5.41) is 3.60. The first kappa shape index (κ1) is 15.5. The van der Waals surface area contributed by atoms with Gasteiger partial charge in [-0.05, 0) is 37.7 Å². The molecule has 1 fully saturated rings. The lowest BCUT2D eigenvalue weighted by molar-refractivity contribution is 0.0297. The van der Waals surface area contributed by atoms with Crippen molar-refractivity contribution in [3.8, 4) is 0 Å². The summed E-state index contributed by atoms with van der Waals surface area (Å²) in [6.45, 7) is 8.45. The molecule has 0 bridgehead atoms. The van der Waals surface area contributed by atoms with Crippen molar-refractivity contribution in [1.82, 2.24) is 5.32 Å². The summed E-state index contributed by atoms with van der Waals surface area (Å²) in [6.07, 6.45) is 5.33. The van der Waals surface area contributed by atoms with Gasteiger partial charge >= 0.3 is 0 Å². The van der Waals surface area contributed by atoms with Crippen molar-refractivity contribution in [2.45, 2.75) is 58.6 Å². The lowest BCUT2D eigenvalue weighted by Gasteiger charge is -2.21. The van der Waals surface area contributed by atoms with Crippen LogP contribution in [0.15, 0.2) is 24.3 Å². The standard InChI is InChI=1S/C18H29NO/c1-4-5-15(3)13-20-18(12-19-17-10-11-17)16-8-6-14(2)7-9-16/h6-9,15,17-19H,4-5,10-13H2,1-3H3. The number of hydrogen-bond acceptors (Lipinski definition) is 2. The Hall–Kier alpha value is -0.860. The van der Waals surface area contributed by atoms with Crippen LogP contribution < -0.4 is 5.32 Å². The van der Waals surface area contributed by atoms with Crippen LogP contribution in [0, 0.1) is 12.8 Å². The van der Waals surface area contributed by atoms with Crippen LogP contribution in [0.25, 0.3) is 0 Å². The highest BCUT2D eigenvalue weighted by Crippen LogP contribution is 2.23. The van der Waals surface area contributed by atoms with E-state index in [-0.39, 0.29) is 6.10 Å². The van der Waals surface area contributed by atoms with Gasteiger partial charge < -0.3 is 10.1 Å². The summed E-state index contributed by atoms with van der Waals surface area (Å²) in [5.74, 6) is 0.647. The van der Waals surface area contributed by atoms with E-state index in [1.807, 2.05) is 0 Å². The normalized spacial score (nSPS) is 17.9. The van der Waals surface area contributed by atoms with Gasteiger partial charge in [-0.2, -0.15) is 0 Å². The number of nitrogens with one attached hydrogen (secondary N) is 1. The minimum Gasteiger partial charge on any atom is -0.372 e. The second kappa shape index (κ2) is 7.80. The van der Waals surface area contributed by atoms with Crippen LogP contribution in [0.3, 0.4) is 0 Å². The van der Waals surface area contributed by atoms with Crippen molar-refractivity contribution in [3.63, 3.8) is 0 Å². The molecule has 20 heavy (non-hydrogen) atoms. The first-order valence-electron chi connectivity index (χ1n) is 8.10. The van der Waals surface area contributed by atoms with Gasteiger partial charge in [-0.1, -0.05) is 50.1 Å². The average molecular weight is 275 g/mol. The van der Waals surface area contributed by atoms with E-state index in [0.717, 1.165) is 19.2 Å². The molecule has 0 heterocycles. The number of aryl methyl sites for hydroxylation is 1. The van der Waals surface area contributed by atoms with Crippen LogP contribution in [-0.2, 0) is 4.74 Å². The predicted molar refractivity (Wildman–Crippen MR) is 85.0 cm³/mol. The molecule has 2 atom stereocenters. The molecule has 112 valence electrons. The SMILES string of the molecule is CCCC(C)COC(CNC1CC1)c1ccc(C)cc1. The fourth-order valence-electron chi connectivity index (χ4n) is 2.47. The van der Waals surface area contributed by atoms with Gasteiger partial charge in [0.05, 0.1) is 12.7 Å². The Kier molecular flexibility index (Phi) is 6.06. The van der Waals surface area contributed by atoms with E-state index in [1.165, 1.54) is 36.8 Å². The Labute approximate surface area is 123 Å². The Morgan fingerprint density at radius 3 is 2.55 bits per heavy atom. The minimum absolute atomic E-state index is 0.190. The van der Waals surface area contributed by atoms with Crippen LogP contribution in [0.1, 0.15) is 56.8 Å². The van der Waals surface area contributed by atoms with Crippen molar-refractivity contribution in [2.75, 3.05) is 13.2 Å². The van der Waals surface area contributed by atoms with Crippen LogP contribution in [0.5, 0.6) is 0 Å². The zero-order valence-corrected chi connectivity index (χ0v) is 13.2. The molecule has 0 aliphatic heterocycles. The highest BCUT2D eigenvalue weighted by molar-refractivity contribution is 5.23. The van der Waals surface area contributed by atoms with Gasteiger partial charge in [0.1, 0.15) is 0 Å².